The Morgan fingerprint density at radius 1 is 0.475 bits per heavy atom. The van der Waals surface area contributed by atoms with Crippen LogP contribution in [0.15, 0.2) is 155 Å². The molecule has 0 spiro atoms. The number of ether oxygens (including phenoxy) is 2. The maximum Gasteiger partial charge on any atom is 0.129 e. The summed E-state index contributed by atoms with van der Waals surface area (Å²) in [6.45, 7) is 14.8. The molecule has 0 saturated carbocycles. The fourth-order valence-electron chi connectivity index (χ4n) is 7.65. The number of hydrogen-bond acceptors (Lipinski definition) is 7. The van der Waals surface area contributed by atoms with Gasteiger partial charge in [-0.2, -0.15) is 0 Å². The quantitative estimate of drug-likeness (QED) is 0.0754. The largest absolute Gasteiger partial charge is 0.507 e. The zero-order valence-electron chi connectivity index (χ0n) is 35.7. The Kier molecular flexibility index (Phi) is 13.6. The Labute approximate surface area is 351 Å². The minimum atomic E-state index is -2.76. The molecule has 308 valence electrons. The van der Waals surface area contributed by atoms with Gasteiger partial charge in [-0.1, -0.05) is 163 Å². The highest BCUT2D eigenvalue weighted by molar-refractivity contribution is 7.88. The topological polar surface area (TPSA) is 95.7 Å². The maximum atomic E-state index is 12.2. The normalized spacial score (nSPS) is 12.2. The molecule has 0 amide bonds. The van der Waals surface area contributed by atoms with Gasteiger partial charge in [-0.15, -0.1) is 0 Å². The SMILES string of the molecule is COc1cc(C(C)(C)C)c(O)c(P(=NCCNCCN=P(c2ccccc2)(c2ccccc2)c2cc(OC)cc(C(C)(C)C)c2O)(c2ccccc2)c2ccccc2)c1. The van der Waals surface area contributed by atoms with E-state index in [4.69, 9.17) is 19.0 Å². The molecule has 6 aromatic carbocycles. The molecule has 6 rings (SSSR count). The van der Waals surface area contributed by atoms with Crippen molar-refractivity contribution in [1.82, 2.24) is 5.32 Å². The molecular weight excluding hydrogens is 769 g/mol. The molecule has 0 aromatic heterocycles. The van der Waals surface area contributed by atoms with E-state index < -0.39 is 14.1 Å². The van der Waals surface area contributed by atoms with Crippen LogP contribution < -0.4 is 46.6 Å². The summed E-state index contributed by atoms with van der Waals surface area (Å²) in [5.41, 5.74) is 0.959. The van der Waals surface area contributed by atoms with Crippen LogP contribution in [0.3, 0.4) is 0 Å². The number of hydrogen-bond donors (Lipinski definition) is 3. The summed E-state index contributed by atoms with van der Waals surface area (Å²) in [5, 5.41) is 33.8. The van der Waals surface area contributed by atoms with Gasteiger partial charge in [0.05, 0.1) is 41.4 Å². The number of methoxy groups -OCH3 is 2. The zero-order valence-corrected chi connectivity index (χ0v) is 37.5. The molecule has 7 nitrogen and oxygen atoms in total. The van der Waals surface area contributed by atoms with E-state index in [1.807, 2.05) is 97.1 Å². The number of phenolic OH excluding ortho intramolecular Hbond substituents is 2. The second kappa shape index (κ2) is 18.5. The first-order chi connectivity index (χ1) is 28.3. The molecule has 0 fully saturated rings. The van der Waals surface area contributed by atoms with Crippen LogP contribution in [0, 0.1) is 0 Å². The second-order valence-electron chi connectivity index (χ2n) is 16.7. The molecule has 0 atom stereocenters. The predicted octanol–water partition coefficient (Wildman–Crippen LogP) is 8.95. The number of phenols is 2. The third kappa shape index (κ3) is 9.09. The fourth-order valence-corrected chi connectivity index (χ4v) is 15.0. The third-order valence-corrected chi connectivity index (χ3v) is 18.1. The summed E-state index contributed by atoms with van der Waals surface area (Å²) >= 11 is 0. The first-order valence-electron chi connectivity index (χ1n) is 20.2. The van der Waals surface area contributed by atoms with Gasteiger partial charge in [-0.3, -0.25) is 9.49 Å². The number of rotatable bonds is 14. The second-order valence-corrected chi connectivity index (χ2v) is 22.8. The summed E-state index contributed by atoms with van der Waals surface area (Å²) < 4.78 is 23.0. The molecule has 0 aliphatic rings. The van der Waals surface area contributed by atoms with E-state index in [0.29, 0.717) is 37.7 Å². The lowest BCUT2D eigenvalue weighted by molar-refractivity contribution is 0.407. The van der Waals surface area contributed by atoms with Gasteiger partial charge in [0, 0.05) is 56.0 Å². The van der Waals surface area contributed by atoms with Crippen molar-refractivity contribution in [3.63, 3.8) is 0 Å². The predicted molar refractivity (Wildman–Crippen MR) is 252 cm³/mol. The van der Waals surface area contributed by atoms with Gasteiger partial charge in [0.25, 0.3) is 0 Å². The Morgan fingerprint density at radius 3 is 1.02 bits per heavy atom. The lowest BCUT2D eigenvalue weighted by Crippen LogP contribution is -2.29. The van der Waals surface area contributed by atoms with Crippen molar-refractivity contribution in [2.45, 2.75) is 52.4 Å². The number of nitrogens with zero attached hydrogens (tertiary/aromatic N) is 2. The Balaban J connectivity index is 1.43. The number of nitrogens with one attached hydrogen (secondary N) is 1. The Bertz CT molecular complexity index is 2180. The van der Waals surface area contributed by atoms with Crippen molar-refractivity contribution in [3.05, 3.63) is 157 Å². The van der Waals surface area contributed by atoms with Crippen molar-refractivity contribution < 1.29 is 19.7 Å². The van der Waals surface area contributed by atoms with Crippen LogP contribution in [-0.2, 0) is 10.8 Å². The lowest BCUT2D eigenvalue weighted by atomic mass is 9.86. The van der Waals surface area contributed by atoms with Crippen LogP contribution >= 0.6 is 14.1 Å². The van der Waals surface area contributed by atoms with E-state index in [-0.39, 0.29) is 22.3 Å². The Hall–Kier alpha value is -5.06. The van der Waals surface area contributed by atoms with Crippen LogP contribution in [0.5, 0.6) is 23.0 Å². The first kappa shape index (κ1) is 43.5. The van der Waals surface area contributed by atoms with Crippen LogP contribution in [0.25, 0.3) is 0 Å². The van der Waals surface area contributed by atoms with E-state index >= 15 is 0 Å². The highest BCUT2D eigenvalue weighted by Crippen LogP contribution is 2.52. The van der Waals surface area contributed by atoms with Crippen LogP contribution in [0.2, 0.25) is 0 Å². The van der Waals surface area contributed by atoms with Gasteiger partial charge >= 0.3 is 0 Å². The molecule has 0 heterocycles. The molecule has 0 unspecified atom stereocenters. The van der Waals surface area contributed by atoms with Crippen molar-refractivity contribution >= 4 is 45.9 Å². The molecule has 3 N–H and O–H groups in total. The number of aromatic hydroxyl groups is 2. The number of benzene rings is 6. The van der Waals surface area contributed by atoms with Gasteiger partial charge in [-0.25, -0.2) is 0 Å². The molecular formula is C50H59N3O4P2. The van der Waals surface area contributed by atoms with E-state index in [1.165, 1.54) is 0 Å². The van der Waals surface area contributed by atoms with Gasteiger partial charge < -0.3 is 25.0 Å². The molecule has 9 heteroatoms. The summed E-state index contributed by atoms with van der Waals surface area (Å²) in [6.07, 6.45) is 0. The Morgan fingerprint density at radius 2 is 0.763 bits per heavy atom. The fraction of sp³-hybridized carbons (Fsp3) is 0.280. The molecule has 0 aliphatic heterocycles. The molecule has 0 aliphatic carbocycles. The summed E-state index contributed by atoms with van der Waals surface area (Å²) in [6, 6.07) is 49.3. The smallest absolute Gasteiger partial charge is 0.129 e. The summed E-state index contributed by atoms with van der Waals surface area (Å²) in [5.74, 6) is 1.89. The van der Waals surface area contributed by atoms with E-state index in [1.54, 1.807) is 14.2 Å². The van der Waals surface area contributed by atoms with Gasteiger partial charge in [0.2, 0.25) is 0 Å². The minimum Gasteiger partial charge on any atom is -0.507 e. The minimum absolute atomic E-state index is 0.257. The van der Waals surface area contributed by atoms with Crippen LogP contribution in [-0.4, -0.2) is 50.6 Å². The van der Waals surface area contributed by atoms with Crippen molar-refractivity contribution in [2.75, 3.05) is 40.4 Å². The lowest BCUT2D eigenvalue weighted by Gasteiger charge is -2.31. The van der Waals surface area contributed by atoms with E-state index in [9.17, 15) is 10.2 Å². The van der Waals surface area contributed by atoms with Crippen LogP contribution in [0.4, 0.5) is 0 Å². The van der Waals surface area contributed by atoms with Gasteiger partial charge in [0.1, 0.15) is 23.0 Å². The highest BCUT2D eigenvalue weighted by Gasteiger charge is 2.35. The molecule has 59 heavy (non-hydrogen) atoms. The highest BCUT2D eigenvalue weighted by atomic mass is 31.2. The van der Waals surface area contributed by atoms with Crippen molar-refractivity contribution in [1.29, 1.82) is 0 Å². The van der Waals surface area contributed by atoms with Gasteiger partial charge in [-0.05, 0) is 35.1 Å². The first-order valence-corrected chi connectivity index (χ1v) is 23.7. The summed E-state index contributed by atoms with van der Waals surface area (Å²) in [4.78, 5) is 0. The summed E-state index contributed by atoms with van der Waals surface area (Å²) in [7, 11) is -2.18. The average Bonchev–Trinajstić information content (AvgIpc) is 3.24. The average molecular weight is 828 g/mol. The molecule has 6 aromatic rings. The molecule has 0 radical (unpaired) electrons. The maximum absolute atomic E-state index is 12.2. The zero-order chi connectivity index (χ0) is 42.3. The molecule has 0 bridgehead atoms. The van der Waals surface area contributed by atoms with Gasteiger partial charge in [0.15, 0.2) is 0 Å². The molecule has 0 saturated heterocycles. The standard InChI is InChI=1S/C50H59N3O4P2/c1-49(2,3)43-33-37(56-7)35-45(47(43)54)58(39-21-13-9-14-22-39,40-23-15-10-16-24-40)52-31-29-51-30-32-53-59(41-25-17-11-18-26-41,42-27-19-12-20-28-42)46-36-38(57-8)34-44(48(46)55)50(4,5)6/h9-28,33-36,51,54-55H,29-32H2,1-8H3. The van der Waals surface area contributed by atoms with E-state index in [2.05, 4.69) is 95.4 Å². The van der Waals surface area contributed by atoms with Crippen molar-refractivity contribution in [3.8, 4) is 23.0 Å². The monoisotopic (exact) mass is 827 g/mol. The van der Waals surface area contributed by atoms with E-state index in [0.717, 1.165) is 43.0 Å². The van der Waals surface area contributed by atoms with Crippen LogP contribution in [0.1, 0.15) is 52.7 Å². The third-order valence-electron chi connectivity index (χ3n) is 10.6. The van der Waals surface area contributed by atoms with Crippen molar-refractivity contribution in [2.24, 2.45) is 9.49 Å².